The van der Waals surface area contributed by atoms with E-state index >= 15 is 0 Å². The van der Waals surface area contributed by atoms with E-state index in [1.54, 1.807) is 12.1 Å². The lowest BCUT2D eigenvalue weighted by Gasteiger charge is -2.22. The van der Waals surface area contributed by atoms with Crippen LogP contribution in [0.5, 0.6) is 0 Å². The summed E-state index contributed by atoms with van der Waals surface area (Å²) in [5.74, 6) is -0.735. The van der Waals surface area contributed by atoms with Crippen molar-refractivity contribution in [2.24, 2.45) is 0 Å². The molecule has 0 aromatic heterocycles. The Morgan fingerprint density at radius 1 is 0.889 bits per heavy atom. The van der Waals surface area contributed by atoms with Crippen LogP contribution in [-0.4, -0.2) is 24.9 Å². The van der Waals surface area contributed by atoms with E-state index in [1.165, 1.54) is 0 Å². The fourth-order valence-electron chi connectivity index (χ4n) is 2.84. The molecule has 2 N–H and O–H groups in total. The number of benzene rings is 2. The highest BCUT2D eigenvalue weighted by Crippen LogP contribution is 2.23. The summed E-state index contributed by atoms with van der Waals surface area (Å²) in [6, 6.07) is 11.1. The summed E-state index contributed by atoms with van der Waals surface area (Å²) in [6.45, 7) is 9.86. The minimum atomic E-state index is -0.379. The molecule has 0 saturated carbocycles. The molecule has 144 valence electrons. The van der Waals surface area contributed by atoms with Gasteiger partial charge >= 0.3 is 0 Å². The lowest BCUT2D eigenvalue weighted by atomic mass is 10.1. The second-order valence-corrected chi connectivity index (χ2v) is 6.84. The predicted octanol–water partition coefficient (Wildman–Crippen LogP) is 4.77. The van der Waals surface area contributed by atoms with Gasteiger partial charge in [0.15, 0.2) is 0 Å². The van der Waals surface area contributed by atoms with Crippen LogP contribution in [0.2, 0.25) is 5.02 Å². The molecule has 5 nitrogen and oxygen atoms in total. The zero-order valence-electron chi connectivity index (χ0n) is 16.2. The molecule has 0 unspecified atom stereocenters. The maximum atomic E-state index is 12.2. The topological polar surface area (TPSA) is 61.4 Å². The maximum Gasteiger partial charge on any atom is 0.233 e. The smallest absolute Gasteiger partial charge is 0.233 e. The molecule has 0 heterocycles. The van der Waals surface area contributed by atoms with E-state index in [9.17, 15) is 9.59 Å². The molecule has 0 fully saturated rings. The number of halogens is 1. The number of hydrogen-bond acceptors (Lipinski definition) is 3. The van der Waals surface area contributed by atoms with Gasteiger partial charge in [0.2, 0.25) is 11.8 Å². The van der Waals surface area contributed by atoms with Crippen molar-refractivity contribution in [2.75, 3.05) is 28.6 Å². The Kier molecular flexibility index (Phi) is 7.25. The van der Waals surface area contributed by atoms with Crippen molar-refractivity contribution in [3.8, 4) is 0 Å². The molecule has 0 spiro atoms. The van der Waals surface area contributed by atoms with Gasteiger partial charge in [0.25, 0.3) is 0 Å². The molecule has 2 aromatic rings. The highest BCUT2D eigenvalue weighted by atomic mass is 35.5. The van der Waals surface area contributed by atoms with Crippen LogP contribution in [0, 0.1) is 13.8 Å². The van der Waals surface area contributed by atoms with E-state index in [1.807, 2.05) is 38.1 Å². The number of anilines is 3. The zero-order chi connectivity index (χ0) is 20.0. The molecular weight excluding hydrogens is 362 g/mol. The Balaban J connectivity index is 1.99. The molecule has 6 heteroatoms. The van der Waals surface area contributed by atoms with Crippen molar-refractivity contribution in [1.82, 2.24) is 0 Å². The number of amides is 2. The van der Waals surface area contributed by atoms with Gasteiger partial charge in [-0.15, -0.1) is 0 Å². The quantitative estimate of drug-likeness (QED) is 0.672. The number of carbonyl (C=O) groups excluding carboxylic acids is 2. The molecule has 2 aromatic carbocycles. The average Bonchev–Trinajstić information content (AvgIpc) is 2.61. The van der Waals surface area contributed by atoms with Crippen molar-refractivity contribution in [2.45, 2.75) is 34.1 Å². The van der Waals surface area contributed by atoms with Crippen LogP contribution in [0.15, 0.2) is 36.4 Å². The highest BCUT2D eigenvalue weighted by molar-refractivity contribution is 6.31. The first-order valence-corrected chi connectivity index (χ1v) is 9.43. The summed E-state index contributed by atoms with van der Waals surface area (Å²) in [5, 5.41) is 6.07. The van der Waals surface area contributed by atoms with Gasteiger partial charge in [0.1, 0.15) is 6.42 Å². The van der Waals surface area contributed by atoms with Gasteiger partial charge in [-0.05, 0) is 69.2 Å². The summed E-state index contributed by atoms with van der Waals surface area (Å²) < 4.78 is 0. The monoisotopic (exact) mass is 387 g/mol. The van der Waals surface area contributed by atoms with Gasteiger partial charge in [0, 0.05) is 35.2 Å². The van der Waals surface area contributed by atoms with Gasteiger partial charge in [0.05, 0.1) is 0 Å². The Hall–Kier alpha value is -2.53. The molecule has 0 aliphatic rings. The van der Waals surface area contributed by atoms with Crippen LogP contribution >= 0.6 is 11.6 Å². The number of aryl methyl sites for hydroxylation is 2. The Bertz CT molecular complexity index is 832. The first-order valence-electron chi connectivity index (χ1n) is 9.05. The summed E-state index contributed by atoms with van der Waals surface area (Å²) in [6.07, 6.45) is -0.261. The van der Waals surface area contributed by atoms with Crippen molar-refractivity contribution in [1.29, 1.82) is 0 Å². The molecule has 0 atom stereocenters. The largest absolute Gasteiger partial charge is 0.372 e. The Morgan fingerprint density at radius 3 is 2.11 bits per heavy atom. The molecule has 0 saturated heterocycles. The SMILES string of the molecule is CCN(CC)c1ccc(NC(=O)CC(=O)Nc2cc(Cl)ccc2C)c(C)c1. The molecule has 0 aliphatic heterocycles. The van der Waals surface area contributed by atoms with Crippen LogP contribution in [0.4, 0.5) is 17.1 Å². The summed E-state index contributed by atoms with van der Waals surface area (Å²) >= 11 is 5.95. The van der Waals surface area contributed by atoms with Crippen LogP contribution in [0.3, 0.4) is 0 Å². The lowest BCUT2D eigenvalue weighted by molar-refractivity contribution is -0.123. The Morgan fingerprint density at radius 2 is 1.52 bits per heavy atom. The minimum absolute atomic E-state index is 0.261. The molecule has 2 amide bonds. The number of hydrogen-bond donors (Lipinski definition) is 2. The van der Waals surface area contributed by atoms with E-state index in [0.717, 1.165) is 29.9 Å². The van der Waals surface area contributed by atoms with Gasteiger partial charge < -0.3 is 15.5 Å². The third-order valence-corrected chi connectivity index (χ3v) is 4.64. The first kappa shape index (κ1) is 20.8. The number of carbonyl (C=O) groups is 2. The second-order valence-electron chi connectivity index (χ2n) is 6.40. The van der Waals surface area contributed by atoms with Crippen LogP contribution in [0.1, 0.15) is 31.4 Å². The fraction of sp³-hybridized carbons (Fsp3) is 0.333. The van der Waals surface area contributed by atoms with Crippen molar-refractivity contribution in [3.63, 3.8) is 0 Å². The van der Waals surface area contributed by atoms with Crippen molar-refractivity contribution >= 4 is 40.5 Å². The third kappa shape index (κ3) is 5.73. The summed E-state index contributed by atoms with van der Waals surface area (Å²) in [5.41, 5.74) is 4.28. The molecule has 0 bridgehead atoms. The summed E-state index contributed by atoms with van der Waals surface area (Å²) in [4.78, 5) is 26.6. The molecular formula is C21H26ClN3O2. The normalized spacial score (nSPS) is 10.4. The van der Waals surface area contributed by atoms with Gasteiger partial charge in [-0.3, -0.25) is 9.59 Å². The molecule has 27 heavy (non-hydrogen) atoms. The van der Waals surface area contributed by atoms with Crippen LogP contribution in [0.25, 0.3) is 0 Å². The molecule has 2 rings (SSSR count). The molecule has 0 aliphatic carbocycles. The predicted molar refractivity (Wildman–Crippen MR) is 113 cm³/mol. The van der Waals surface area contributed by atoms with E-state index in [-0.39, 0.29) is 18.2 Å². The van der Waals surface area contributed by atoms with Crippen LogP contribution in [-0.2, 0) is 9.59 Å². The average molecular weight is 388 g/mol. The second kappa shape index (κ2) is 9.42. The third-order valence-electron chi connectivity index (χ3n) is 4.41. The van der Waals surface area contributed by atoms with E-state index < -0.39 is 0 Å². The number of nitrogens with zero attached hydrogens (tertiary/aromatic N) is 1. The lowest BCUT2D eigenvalue weighted by Crippen LogP contribution is -2.23. The van der Waals surface area contributed by atoms with Gasteiger partial charge in [-0.25, -0.2) is 0 Å². The van der Waals surface area contributed by atoms with E-state index in [2.05, 4.69) is 29.4 Å². The molecule has 0 radical (unpaired) electrons. The van der Waals surface area contributed by atoms with Crippen LogP contribution < -0.4 is 15.5 Å². The van der Waals surface area contributed by atoms with E-state index in [0.29, 0.717) is 16.4 Å². The first-order chi connectivity index (χ1) is 12.8. The minimum Gasteiger partial charge on any atom is -0.372 e. The van der Waals surface area contributed by atoms with Gasteiger partial charge in [-0.1, -0.05) is 17.7 Å². The summed E-state index contributed by atoms with van der Waals surface area (Å²) in [7, 11) is 0. The standard InChI is InChI=1S/C21H26ClN3O2/c1-5-25(6-2)17-9-10-18(15(4)11-17)23-20(26)13-21(27)24-19-12-16(22)8-7-14(19)3/h7-12H,5-6,13H2,1-4H3,(H,23,26)(H,24,27). The highest BCUT2D eigenvalue weighted by Gasteiger charge is 2.13. The fourth-order valence-corrected chi connectivity index (χ4v) is 3.01. The zero-order valence-corrected chi connectivity index (χ0v) is 17.0. The number of nitrogens with one attached hydrogen (secondary N) is 2. The van der Waals surface area contributed by atoms with Gasteiger partial charge in [-0.2, -0.15) is 0 Å². The van der Waals surface area contributed by atoms with E-state index in [4.69, 9.17) is 11.6 Å². The maximum absolute atomic E-state index is 12.2. The number of rotatable bonds is 7. The van der Waals surface area contributed by atoms with Crippen molar-refractivity contribution in [3.05, 3.63) is 52.5 Å². The van der Waals surface area contributed by atoms with Crippen molar-refractivity contribution < 1.29 is 9.59 Å². The Labute approximate surface area is 165 Å².